The SMILES string of the molecule is Cc1c(C(CN)N(C)C)c2cc3c(cc2n1C)OCO3. The molecule has 0 saturated carbocycles. The molecule has 1 unspecified atom stereocenters. The van der Waals surface area contributed by atoms with Gasteiger partial charge in [-0.2, -0.15) is 0 Å². The van der Waals surface area contributed by atoms with Crippen molar-refractivity contribution in [2.75, 3.05) is 27.4 Å². The summed E-state index contributed by atoms with van der Waals surface area (Å²) in [5.41, 5.74) is 9.64. The Hall–Kier alpha value is -1.72. The average molecular weight is 275 g/mol. The van der Waals surface area contributed by atoms with E-state index in [2.05, 4.69) is 49.7 Å². The molecule has 3 rings (SSSR count). The first-order chi connectivity index (χ1) is 9.54. The number of aromatic nitrogens is 1. The van der Waals surface area contributed by atoms with E-state index >= 15 is 0 Å². The van der Waals surface area contributed by atoms with Gasteiger partial charge in [0.25, 0.3) is 0 Å². The number of aryl methyl sites for hydroxylation is 1. The van der Waals surface area contributed by atoms with Crippen molar-refractivity contribution in [2.24, 2.45) is 12.8 Å². The predicted molar refractivity (Wildman–Crippen MR) is 79.3 cm³/mol. The maximum Gasteiger partial charge on any atom is 0.231 e. The van der Waals surface area contributed by atoms with E-state index in [1.165, 1.54) is 16.6 Å². The van der Waals surface area contributed by atoms with Gasteiger partial charge in [0.1, 0.15) is 0 Å². The summed E-state index contributed by atoms with van der Waals surface area (Å²) in [6, 6.07) is 4.32. The lowest BCUT2D eigenvalue weighted by Crippen LogP contribution is -2.27. The molecule has 2 heterocycles. The van der Waals surface area contributed by atoms with Crippen LogP contribution in [0, 0.1) is 6.92 Å². The zero-order chi connectivity index (χ0) is 14.4. The molecule has 108 valence electrons. The molecule has 20 heavy (non-hydrogen) atoms. The van der Waals surface area contributed by atoms with Crippen LogP contribution < -0.4 is 15.2 Å². The molecule has 0 spiro atoms. The maximum absolute atomic E-state index is 5.98. The molecule has 1 aliphatic heterocycles. The van der Waals surface area contributed by atoms with E-state index in [4.69, 9.17) is 15.2 Å². The van der Waals surface area contributed by atoms with Crippen LogP contribution in [0.3, 0.4) is 0 Å². The molecule has 1 atom stereocenters. The summed E-state index contributed by atoms with van der Waals surface area (Å²) in [6.07, 6.45) is 0. The van der Waals surface area contributed by atoms with E-state index in [9.17, 15) is 0 Å². The quantitative estimate of drug-likeness (QED) is 0.927. The van der Waals surface area contributed by atoms with Crippen LogP contribution in [-0.2, 0) is 7.05 Å². The summed E-state index contributed by atoms with van der Waals surface area (Å²) in [5.74, 6) is 1.64. The van der Waals surface area contributed by atoms with Crippen molar-refractivity contribution in [3.8, 4) is 11.5 Å². The van der Waals surface area contributed by atoms with Crippen molar-refractivity contribution in [1.29, 1.82) is 0 Å². The molecule has 1 aliphatic rings. The van der Waals surface area contributed by atoms with E-state index in [0.717, 1.165) is 17.0 Å². The first kappa shape index (κ1) is 13.3. The molecule has 2 aromatic rings. The molecule has 0 fully saturated rings. The zero-order valence-electron chi connectivity index (χ0n) is 12.4. The van der Waals surface area contributed by atoms with Gasteiger partial charge in [0.15, 0.2) is 11.5 Å². The van der Waals surface area contributed by atoms with Crippen molar-refractivity contribution < 1.29 is 9.47 Å². The van der Waals surface area contributed by atoms with Crippen LogP contribution in [0.5, 0.6) is 11.5 Å². The Morgan fingerprint density at radius 3 is 2.55 bits per heavy atom. The minimum Gasteiger partial charge on any atom is -0.454 e. The summed E-state index contributed by atoms with van der Waals surface area (Å²) >= 11 is 0. The number of fused-ring (bicyclic) bond motifs is 2. The van der Waals surface area contributed by atoms with Gasteiger partial charge < -0.3 is 24.7 Å². The van der Waals surface area contributed by atoms with Crippen molar-refractivity contribution >= 4 is 10.9 Å². The summed E-state index contributed by atoms with van der Waals surface area (Å²) in [6.45, 7) is 3.02. The summed E-state index contributed by atoms with van der Waals surface area (Å²) < 4.78 is 13.2. The predicted octanol–water partition coefficient (Wildman–Crippen LogP) is 1.78. The highest BCUT2D eigenvalue weighted by atomic mass is 16.7. The summed E-state index contributed by atoms with van der Waals surface area (Å²) in [5, 5.41) is 1.19. The van der Waals surface area contributed by atoms with Gasteiger partial charge in [-0.1, -0.05) is 0 Å². The molecule has 5 heteroatoms. The molecule has 1 aromatic heterocycles. The van der Waals surface area contributed by atoms with E-state index in [-0.39, 0.29) is 6.04 Å². The van der Waals surface area contributed by atoms with Gasteiger partial charge in [0, 0.05) is 36.8 Å². The first-order valence-electron chi connectivity index (χ1n) is 6.79. The third kappa shape index (κ3) is 1.77. The van der Waals surface area contributed by atoms with Crippen molar-refractivity contribution in [3.63, 3.8) is 0 Å². The van der Waals surface area contributed by atoms with Crippen LogP contribution in [0.4, 0.5) is 0 Å². The number of nitrogens with zero attached hydrogens (tertiary/aromatic N) is 2. The van der Waals surface area contributed by atoms with E-state index in [0.29, 0.717) is 13.3 Å². The molecule has 2 N–H and O–H groups in total. The number of ether oxygens (including phenoxy) is 2. The standard InChI is InChI=1S/C15H21N3O2/c1-9-15(12(7-16)17(2)3)10-5-13-14(20-8-19-13)6-11(10)18(9)4/h5-6,12H,7-8,16H2,1-4H3. The molecule has 5 nitrogen and oxygen atoms in total. The largest absolute Gasteiger partial charge is 0.454 e. The van der Waals surface area contributed by atoms with Crippen LogP contribution >= 0.6 is 0 Å². The Labute approximate surface area is 118 Å². The highest BCUT2D eigenvalue weighted by Gasteiger charge is 2.24. The van der Waals surface area contributed by atoms with Crippen molar-refractivity contribution in [1.82, 2.24) is 9.47 Å². The monoisotopic (exact) mass is 275 g/mol. The van der Waals surface area contributed by atoms with E-state index in [1.807, 2.05) is 0 Å². The lowest BCUT2D eigenvalue weighted by atomic mass is 10.0. The molecule has 0 amide bonds. The number of benzene rings is 1. The fourth-order valence-corrected chi connectivity index (χ4v) is 2.99. The third-order valence-corrected chi connectivity index (χ3v) is 4.22. The number of likely N-dealkylation sites (N-methyl/N-ethyl adjacent to an activating group) is 1. The van der Waals surface area contributed by atoms with Crippen LogP contribution in [0.1, 0.15) is 17.3 Å². The van der Waals surface area contributed by atoms with Gasteiger partial charge >= 0.3 is 0 Å². The normalized spacial score (nSPS) is 15.3. The van der Waals surface area contributed by atoms with Crippen molar-refractivity contribution in [3.05, 3.63) is 23.4 Å². The zero-order valence-corrected chi connectivity index (χ0v) is 12.4. The second-order valence-electron chi connectivity index (χ2n) is 5.50. The highest BCUT2D eigenvalue weighted by molar-refractivity contribution is 5.89. The number of rotatable bonds is 3. The lowest BCUT2D eigenvalue weighted by molar-refractivity contribution is 0.174. The molecular weight excluding hydrogens is 254 g/mol. The lowest BCUT2D eigenvalue weighted by Gasteiger charge is -2.23. The Balaban J connectivity index is 2.28. The number of hydrogen-bond donors (Lipinski definition) is 1. The molecule has 1 aromatic carbocycles. The fraction of sp³-hybridized carbons (Fsp3) is 0.467. The van der Waals surface area contributed by atoms with Crippen LogP contribution in [0.15, 0.2) is 12.1 Å². The summed E-state index contributed by atoms with van der Waals surface area (Å²) in [7, 11) is 6.19. The van der Waals surface area contributed by atoms with E-state index < -0.39 is 0 Å². The average Bonchev–Trinajstić information content (AvgIpc) is 2.96. The fourth-order valence-electron chi connectivity index (χ4n) is 2.99. The molecule has 0 radical (unpaired) electrons. The Morgan fingerprint density at radius 1 is 1.30 bits per heavy atom. The van der Waals surface area contributed by atoms with Gasteiger partial charge in [-0.3, -0.25) is 0 Å². The topological polar surface area (TPSA) is 52.7 Å². The maximum atomic E-state index is 5.98. The molecular formula is C15H21N3O2. The number of nitrogens with two attached hydrogens (primary N) is 1. The van der Waals surface area contributed by atoms with E-state index in [1.54, 1.807) is 0 Å². The molecule has 0 saturated heterocycles. The van der Waals surface area contributed by atoms with Crippen LogP contribution in [0.25, 0.3) is 10.9 Å². The van der Waals surface area contributed by atoms with Gasteiger partial charge in [-0.25, -0.2) is 0 Å². The van der Waals surface area contributed by atoms with Gasteiger partial charge in [0.2, 0.25) is 6.79 Å². The Morgan fingerprint density at radius 2 is 1.95 bits per heavy atom. The second-order valence-corrected chi connectivity index (χ2v) is 5.50. The van der Waals surface area contributed by atoms with Crippen LogP contribution in [0.2, 0.25) is 0 Å². The van der Waals surface area contributed by atoms with Gasteiger partial charge in [0.05, 0.1) is 5.52 Å². The molecule has 0 aliphatic carbocycles. The smallest absolute Gasteiger partial charge is 0.231 e. The van der Waals surface area contributed by atoms with Gasteiger partial charge in [-0.15, -0.1) is 0 Å². The Bertz CT molecular complexity index is 661. The third-order valence-electron chi connectivity index (χ3n) is 4.22. The Kier molecular flexibility index (Phi) is 3.11. The minimum absolute atomic E-state index is 0.194. The number of hydrogen-bond acceptors (Lipinski definition) is 4. The molecule has 0 bridgehead atoms. The van der Waals surface area contributed by atoms with Crippen LogP contribution in [-0.4, -0.2) is 36.9 Å². The first-order valence-corrected chi connectivity index (χ1v) is 6.79. The summed E-state index contributed by atoms with van der Waals surface area (Å²) in [4.78, 5) is 2.16. The second kappa shape index (κ2) is 4.68. The van der Waals surface area contributed by atoms with Gasteiger partial charge in [-0.05, 0) is 32.6 Å². The van der Waals surface area contributed by atoms with Crippen molar-refractivity contribution in [2.45, 2.75) is 13.0 Å². The minimum atomic E-state index is 0.194. The highest BCUT2D eigenvalue weighted by Crippen LogP contribution is 2.40.